The minimum absolute atomic E-state index is 0.295. The van der Waals surface area contributed by atoms with Crippen molar-refractivity contribution >= 4 is 33.9 Å². The average molecular weight is 248 g/mol. The van der Waals surface area contributed by atoms with Gasteiger partial charge in [-0.2, -0.15) is 9.62 Å². The van der Waals surface area contributed by atoms with Crippen LogP contribution in [0.4, 0.5) is 0 Å². The second-order valence-corrected chi connectivity index (χ2v) is 4.99. The Balaban J connectivity index is 2.84. The molecule has 0 amide bonds. The van der Waals surface area contributed by atoms with Gasteiger partial charge in [-0.15, -0.1) is 0 Å². The molecule has 1 heterocycles. The van der Waals surface area contributed by atoms with E-state index in [1.807, 2.05) is 6.26 Å². The van der Waals surface area contributed by atoms with Gasteiger partial charge in [0.25, 0.3) is 0 Å². The van der Waals surface area contributed by atoms with Crippen LogP contribution in [-0.4, -0.2) is 11.2 Å². The number of halogens is 2. The molecule has 1 aromatic heterocycles. The highest BCUT2D eigenvalue weighted by atomic mass is 35.5. The lowest BCUT2D eigenvalue weighted by atomic mass is 10.3. The second kappa shape index (κ2) is 5.30. The van der Waals surface area contributed by atoms with Crippen LogP contribution in [0.1, 0.15) is 5.56 Å². The van der Waals surface area contributed by atoms with Crippen LogP contribution >= 0.6 is 23.2 Å². The van der Waals surface area contributed by atoms with Gasteiger partial charge in [-0.1, -0.05) is 33.9 Å². The van der Waals surface area contributed by atoms with E-state index in [0.717, 1.165) is 5.56 Å². The molecular weight excluding hydrogens is 241 g/mol. The standard InChI is InChI=1S/C8H7Cl2N3S/c1-14(13-5-11)4-6-2-7(9)8(10)12-3-6/h2-3H,4H2,1H3. The Bertz CT molecular complexity index is 412. The number of hydrogen-bond acceptors (Lipinski definition) is 3. The molecule has 0 aliphatic carbocycles. The first kappa shape index (κ1) is 11.4. The lowest BCUT2D eigenvalue weighted by Crippen LogP contribution is -1.93. The third kappa shape index (κ3) is 3.26. The Morgan fingerprint density at radius 3 is 2.93 bits per heavy atom. The summed E-state index contributed by atoms with van der Waals surface area (Å²) in [6, 6.07) is 1.74. The van der Waals surface area contributed by atoms with E-state index in [4.69, 9.17) is 28.5 Å². The van der Waals surface area contributed by atoms with Gasteiger partial charge in [0.05, 0.1) is 5.02 Å². The van der Waals surface area contributed by atoms with E-state index >= 15 is 0 Å². The molecule has 0 N–H and O–H groups in total. The molecule has 1 unspecified atom stereocenters. The van der Waals surface area contributed by atoms with E-state index in [-0.39, 0.29) is 10.7 Å². The van der Waals surface area contributed by atoms with Gasteiger partial charge >= 0.3 is 0 Å². The highest BCUT2D eigenvalue weighted by Gasteiger charge is 2.01. The predicted octanol–water partition coefficient (Wildman–Crippen LogP) is 2.80. The Hall–Kier alpha value is -0.630. The molecule has 0 saturated carbocycles. The summed E-state index contributed by atoms with van der Waals surface area (Å²) in [4.78, 5) is 3.91. The van der Waals surface area contributed by atoms with Crippen LogP contribution in [0.3, 0.4) is 0 Å². The van der Waals surface area contributed by atoms with Crippen LogP contribution in [0.2, 0.25) is 10.2 Å². The van der Waals surface area contributed by atoms with Crippen LogP contribution in [-0.2, 0) is 16.4 Å². The molecule has 0 fully saturated rings. The van der Waals surface area contributed by atoms with Crippen LogP contribution in [0.25, 0.3) is 0 Å². The van der Waals surface area contributed by atoms with Crippen molar-refractivity contribution in [3.8, 4) is 6.19 Å². The van der Waals surface area contributed by atoms with Crippen molar-refractivity contribution in [1.82, 2.24) is 4.98 Å². The first-order chi connectivity index (χ1) is 6.63. The summed E-state index contributed by atoms with van der Waals surface area (Å²) in [7, 11) is -0.314. The SMILES string of the molecule is CS(Cc1cnc(Cl)c(Cl)c1)=NC#N. The molecule has 6 heteroatoms. The molecule has 0 spiro atoms. The van der Waals surface area contributed by atoms with E-state index in [9.17, 15) is 0 Å². The smallest absolute Gasteiger partial charge is 0.212 e. The third-order valence-electron chi connectivity index (χ3n) is 1.43. The van der Waals surface area contributed by atoms with Crippen molar-refractivity contribution < 1.29 is 0 Å². The number of aromatic nitrogens is 1. The number of pyridine rings is 1. The molecule has 0 aliphatic heterocycles. The van der Waals surface area contributed by atoms with Crippen LogP contribution in [0.5, 0.6) is 0 Å². The number of nitrogens with zero attached hydrogens (tertiary/aromatic N) is 3. The van der Waals surface area contributed by atoms with Gasteiger partial charge in [0.2, 0.25) is 6.19 Å². The Morgan fingerprint density at radius 1 is 1.64 bits per heavy atom. The summed E-state index contributed by atoms with van der Waals surface area (Å²) in [5.74, 6) is 0.664. The van der Waals surface area contributed by atoms with Gasteiger partial charge < -0.3 is 0 Å². The zero-order valence-corrected chi connectivity index (χ0v) is 9.70. The molecule has 0 bridgehead atoms. The third-order valence-corrected chi connectivity index (χ3v) is 3.26. The molecule has 0 saturated heterocycles. The van der Waals surface area contributed by atoms with Gasteiger partial charge in [0.1, 0.15) is 5.15 Å². The molecule has 14 heavy (non-hydrogen) atoms. The second-order valence-electron chi connectivity index (χ2n) is 2.55. The van der Waals surface area contributed by atoms with E-state index < -0.39 is 0 Å². The molecule has 1 aromatic rings. The number of nitriles is 1. The maximum Gasteiger partial charge on any atom is 0.212 e. The monoisotopic (exact) mass is 247 g/mol. The van der Waals surface area contributed by atoms with Gasteiger partial charge in [-0.25, -0.2) is 4.98 Å². The van der Waals surface area contributed by atoms with Gasteiger partial charge in [0, 0.05) is 11.9 Å². The zero-order chi connectivity index (χ0) is 10.6. The summed E-state index contributed by atoms with van der Waals surface area (Å²) in [5.41, 5.74) is 0.934. The fraction of sp³-hybridized carbons (Fsp3) is 0.250. The highest BCUT2D eigenvalue weighted by Crippen LogP contribution is 2.20. The maximum absolute atomic E-state index is 8.34. The Morgan fingerprint density at radius 2 is 2.36 bits per heavy atom. The fourth-order valence-electron chi connectivity index (χ4n) is 0.883. The first-order valence-corrected chi connectivity index (χ1v) is 6.17. The first-order valence-electron chi connectivity index (χ1n) is 3.66. The molecule has 74 valence electrons. The summed E-state index contributed by atoms with van der Waals surface area (Å²) in [6.07, 6.45) is 5.30. The molecule has 0 aromatic carbocycles. The van der Waals surface area contributed by atoms with Crippen molar-refractivity contribution in [1.29, 1.82) is 5.26 Å². The highest BCUT2D eigenvalue weighted by molar-refractivity contribution is 7.85. The quantitative estimate of drug-likeness (QED) is 0.596. The largest absolute Gasteiger partial charge is 0.243 e. The van der Waals surface area contributed by atoms with Crippen LogP contribution in [0.15, 0.2) is 16.6 Å². The molecular formula is C8H7Cl2N3S. The predicted molar refractivity (Wildman–Crippen MR) is 59.3 cm³/mol. The van der Waals surface area contributed by atoms with E-state index in [0.29, 0.717) is 15.9 Å². The topological polar surface area (TPSA) is 49.0 Å². The summed E-state index contributed by atoms with van der Waals surface area (Å²) < 4.78 is 3.70. The summed E-state index contributed by atoms with van der Waals surface area (Å²) in [6.45, 7) is 0. The van der Waals surface area contributed by atoms with E-state index in [1.165, 1.54) is 0 Å². The van der Waals surface area contributed by atoms with Crippen molar-refractivity contribution in [2.45, 2.75) is 5.75 Å². The molecule has 1 rings (SSSR count). The molecule has 0 radical (unpaired) electrons. The lowest BCUT2D eigenvalue weighted by molar-refractivity contribution is 1.25. The fourth-order valence-corrected chi connectivity index (χ4v) is 2.02. The number of hydrogen-bond donors (Lipinski definition) is 0. The summed E-state index contributed by atoms with van der Waals surface area (Å²) in [5, 5.41) is 9.06. The van der Waals surface area contributed by atoms with Crippen molar-refractivity contribution in [2.75, 3.05) is 6.26 Å². The minimum atomic E-state index is -0.314. The van der Waals surface area contributed by atoms with E-state index in [1.54, 1.807) is 18.5 Å². The van der Waals surface area contributed by atoms with Crippen molar-refractivity contribution in [3.63, 3.8) is 0 Å². The average Bonchev–Trinajstić information content (AvgIpc) is 2.12. The van der Waals surface area contributed by atoms with E-state index in [2.05, 4.69) is 9.35 Å². The minimum Gasteiger partial charge on any atom is -0.243 e. The van der Waals surface area contributed by atoms with Crippen LogP contribution in [0, 0.1) is 11.5 Å². The van der Waals surface area contributed by atoms with Crippen molar-refractivity contribution in [2.24, 2.45) is 4.36 Å². The lowest BCUT2D eigenvalue weighted by Gasteiger charge is -2.01. The zero-order valence-electron chi connectivity index (χ0n) is 7.37. The van der Waals surface area contributed by atoms with Crippen LogP contribution < -0.4 is 0 Å². The van der Waals surface area contributed by atoms with Gasteiger partial charge in [-0.05, 0) is 17.9 Å². The summed E-state index contributed by atoms with van der Waals surface area (Å²) >= 11 is 11.4. The Kier molecular flexibility index (Phi) is 4.33. The molecule has 3 nitrogen and oxygen atoms in total. The molecule has 0 aliphatic rings. The van der Waals surface area contributed by atoms with Gasteiger partial charge in [0.15, 0.2) is 0 Å². The normalized spacial score (nSPS) is 12.4. The van der Waals surface area contributed by atoms with Gasteiger partial charge in [-0.3, -0.25) is 0 Å². The number of rotatable bonds is 2. The Labute approximate surface area is 94.8 Å². The molecule has 1 atom stereocenters. The maximum atomic E-state index is 8.34. The van der Waals surface area contributed by atoms with Crippen molar-refractivity contribution in [3.05, 3.63) is 28.0 Å².